The number of carbonyl (C=O) groups excluding carboxylic acids is 1. The fraction of sp³-hybridized carbons (Fsp3) is 0.273. The van der Waals surface area contributed by atoms with Crippen LogP contribution in [0.4, 0.5) is 23.3 Å². The summed E-state index contributed by atoms with van der Waals surface area (Å²) >= 11 is 1.43. The van der Waals surface area contributed by atoms with Gasteiger partial charge in [0.15, 0.2) is 0 Å². The van der Waals surface area contributed by atoms with Crippen molar-refractivity contribution in [1.82, 2.24) is 15.0 Å². The van der Waals surface area contributed by atoms with E-state index in [9.17, 15) is 4.79 Å². The molecule has 0 fully saturated rings. The van der Waals surface area contributed by atoms with Crippen LogP contribution in [0, 0.1) is 13.8 Å². The van der Waals surface area contributed by atoms with Gasteiger partial charge in [-0.15, -0.1) is 11.8 Å². The van der Waals surface area contributed by atoms with Crippen LogP contribution in [0.3, 0.4) is 0 Å². The fourth-order valence-electron chi connectivity index (χ4n) is 2.94. The van der Waals surface area contributed by atoms with Crippen LogP contribution in [-0.4, -0.2) is 26.6 Å². The molecule has 0 unspecified atom stereocenters. The first kappa shape index (κ1) is 21.6. The zero-order valence-corrected chi connectivity index (χ0v) is 18.2. The Labute approximate surface area is 180 Å². The number of aromatic nitrogens is 3. The second-order valence-electron chi connectivity index (χ2n) is 6.86. The van der Waals surface area contributed by atoms with Gasteiger partial charge in [0.1, 0.15) is 5.82 Å². The first-order valence-electron chi connectivity index (χ1n) is 9.75. The SMILES string of the molecule is CCc1ccccc1Nc1nc(N)nc(CSCC(=O)Nc2cccc(C)c2C)n1. The summed E-state index contributed by atoms with van der Waals surface area (Å²) in [5.74, 6) is 1.77. The highest BCUT2D eigenvalue weighted by atomic mass is 32.2. The summed E-state index contributed by atoms with van der Waals surface area (Å²) in [6.45, 7) is 6.11. The van der Waals surface area contributed by atoms with Crippen LogP contribution < -0.4 is 16.4 Å². The van der Waals surface area contributed by atoms with Crippen LogP contribution in [0.2, 0.25) is 0 Å². The van der Waals surface area contributed by atoms with Crippen molar-refractivity contribution in [1.29, 1.82) is 0 Å². The lowest BCUT2D eigenvalue weighted by atomic mass is 10.1. The van der Waals surface area contributed by atoms with Crippen molar-refractivity contribution in [3.8, 4) is 0 Å². The minimum absolute atomic E-state index is 0.0639. The highest BCUT2D eigenvalue weighted by Crippen LogP contribution is 2.21. The lowest BCUT2D eigenvalue weighted by molar-refractivity contribution is -0.113. The van der Waals surface area contributed by atoms with Crippen LogP contribution in [0.5, 0.6) is 0 Å². The van der Waals surface area contributed by atoms with Gasteiger partial charge in [-0.1, -0.05) is 37.3 Å². The Kier molecular flexibility index (Phi) is 7.24. The number of nitrogen functional groups attached to an aromatic ring is 1. The van der Waals surface area contributed by atoms with Crippen LogP contribution >= 0.6 is 11.8 Å². The van der Waals surface area contributed by atoms with Gasteiger partial charge in [0.2, 0.25) is 17.8 Å². The summed E-state index contributed by atoms with van der Waals surface area (Å²) < 4.78 is 0. The molecule has 7 nitrogen and oxygen atoms in total. The number of amides is 1. The predicted molar refractivity (Wildman–Crippen MR) is 124 cm³/mol. The standard InChI is InChI=1S/C22H26N6OS/c1-4-16-9-5-6-10-18(16)25-22-27-19(26-21(23)28-22)12-30-13-20(29)24-17-11-7-8-14(2)15(17)3/h5-11H,4,12-13H2,1-3H3,(H,24,29)(H3,23,25,26,27,28). The number of aryl methyl sites for hydroxylation is 2. The molecule has 1 amide bonds. The van der Waals surface area contributed by atoms with E-state index in [0.29, 0.717) is 23.3 Å². The molecule has 30 heavy (non-hydrogen) atoms. The van der Waals surface area contributed by atoms with Crippen molar-refractivity contribution in [3.63, 3.8) is 0 Å². The van der Waals surface area contributed by atoms with Crippen LogP contribution in [0.25, 0.3) is 0 Å². The van der Waals surface area contributed by atoms with Gasteiger partial charge in [-0.25, -0.2) is 0 Å². The molecular formula is C22H26N6OS. The number of nitrogens with two attached hydrogens (primary N) is 1. The number of hydrogen-bond acceptors (Lipinski definition) is 7. The molecule has 0 aliphatic carbocycles. The normalized spacial score (nSPS) is 10.6. The van der Waals surface area contributed by atoms with E-state index >= 15 is 0 Å². The Morgan fingerprint density at radius 1 is 1.03 bits per heavy atom. The van der Waals surface area contributed by atoms with E-state index < -0.39 is 0 Å². The zero-order chi connectivity index (χ0) is 21.5. The summed E-state index contributed by atoms with van der Waals surface area (Å²) in [7, 11) is 0. The number of anilines is 4. The summed E-state index contributed by atoms with van der Waals surface area (Å²) in [6.07, 6.45) is 0.891. The summed E-state index contributed by atoms with van der Waals surface area (Å²) in [6, 6.07) is 13.8. The largest absolute Gasteiger partial charge is 0.368 e. The third kappa shape index (κ3) is 5.70. The molecular weight excluding hydrogens is 396 g/mol. The van der Waals surface area contributed by atoms with Gasteiger partial charge in [0.25, 0.3) is 0 Å². The molecule has 156 valence electrons. The van der Waals surface area contributed by atoms with Crippen molar-refractivity contribution in [2.24, 2.45) is 0 Å². The molecule has 1 heterocycles. The van der Waals surface area contributed by atoms with Gasteiger partial charge in [-0.3, -0.25) is 4.79 Å². The maximum Gasteiger partial charge on any atom is 0.234 e. The molecule has 8 heteroatoms. The van der Waals surface area contributed by atoms with E-state index in [0.717, 1.165) is 34.5 Å². The number of thioether (sulfide) groups is 1. The number of nitrogens with one attached hydrogen (secondary N) is 2. The Morgan fingerprint density at radius 2 is 1.80 bits per heavy atom. The smallest absolute Gasteiger partial charge is 0.234 e. The van der Waals surface area contributed by atoms with Crippen molar-refractivity contribution in [2.75, 3.05) is 22.1 Å². The average molecular weight is 423 g/mol. The van der Waals surface area contributed by atoms with E-state index in [2.05, 4.69) is 38.6 Å². The minimum atomic E-state index is -0.0639. The Hall–Kier alpha value is -3.13. The molecule has 1 aromatic heterocycles. The van der Waals surface area contributed by atoms with Gasteiger partial charge in [0, 0.05) is 11.4 Å². The highest BCUT2D eigenvalue weighted by molar-refractivity contribution is 7.99. The van der Waals surface area contributed by atoms with Crippen LogP contribution in [0.1, 0.15) is 29.4 Å². The van der Waals surface area contributed by atoms with Crippen LogP contribution in [0.15, 0.2) is 42.5 Å². The van der Waals surface area contributed by atoms with E-state index in [1.54, 1.807) is 0 Å². The zero-order valence-electron chi connectivity index (χ0n) is 17.4. The Morgan fingerprint density at radius 3 is 2.60 bits per heavy atom. The topological polar surface area (TPSA) is 106 Å². The maximum absolute atomic E-state index is 12.3. The summed E-state index contributed by atoms with van der Waals surface area (Å²) in [4.78, 5) is 25.1. The predicted octanol–water partition coefficient (Wildman–Crippen LogP) is 4.25. The number of carbonyl (C=O) groups is 1. The summed E-state index contributed by atoms with van der Waals surface area (Å²) in [5, 5.41) is 6.17. The van der Waals surface area contributed by atoms with Crippen molar-refractivity contribution < 1.29 is 4.79 Å². The molecule has 4 N–H and O–H groups in total. The number of benzene rings is 2. The third-order valence-corrected chi connectivity index (χ3v) is 5.62. The van der Waals surface area contributed by atoms with Crippen molar-refractivity contribution in [2.45, 2.75) is 32.9 Å². The van der Waals surface area contributed by atoms with Crippen LogP contribution in [-0.2, 0) is 17.0 Å². The molecule has 0 spiro atoms. The third-order valence-electron chi connectivity index (χ3n) is 4.69. The molecule has 0 aliphatic heterocycles. The first-order chi connectivity index (χ1) is 14.5. The van der Waals surface area contributed by atoms with Gasteiger partial charge >= 0.3 is 0 Å². The maximum atomic E-state index is 12.3. The van der Waals surface area contributed by atoms with Gasteiger partial charge in [0.05, 0.1) is 11.5 Å². The average Bonchev–Trinajstić information content (AvgIpc) is 2.71. The minimum Gasteiger partial charge on any atom is -0.368 e. The van der Waals surface area contributed by atoms with E-state index in [1.807, 2.05) is 50.2 Å². The molecule has 3 rings (SSSR count). The molecule has 0 atom stereocenters. The number of nitrogens with zero attached hydrogens (tertiary/aromatic N) is 3. The molecule has 0 bridgehead atoms. The molecule has 0 saturated carbocycles. The van der Waals surface area contributed by atoms with Crippen molar-refractivity contribution >= 4 is 40.9 Å². The summed E-state index contributed by atoms with van der Waals surface area (Å²) in [5.41, 5.74) is 11.0. The Balaban J connectivity index is 1.59. The lowest BCUT2D eigenvalue weighted by Crippen LogP contribution is -2.15. The molecule has 3 aromatic rings. The molecule has 0 radical (unpaired) electrons. The Bertz CT molecular complexity index is 1040. The first-order valence-corrected chi connectivity index (χ1v) is 10.9. The van der Waals surface area contributed by atoms with E-state index in [-0.39, 0.29) is 11.9 Å². The molecule has 0 saturated heterocycles. The number of rotatable bonds is 8. The van der Waals surface area contributed by atoms with E-state index in [1.165, 1.54) is 11.8 Å². The highest BCUT2D eigenvalue weighted by Gasteiger charge is 2.10. The molecule has 2 aromatic carbocycles. The number of para-hydroxylation sites is 1. The second-order valence-corrected chi connectivity index (χ2v) is 7.84. The number of hydrogen-bond donors (Lipinski definition) is 3. The van der Waals surface area contributed by atoms with Gasteiger partial charge < -0.3 is 16.4 Å². The lowest BCUT2D eigenvalue weighted by Gasteiger charge is -2.11. The van der Waals surface area contributed by atoms with Gasteiger partial charge in [-0.2, -0.15) is 15.0 Å². The molecule has 0 aliphatic rings. The van der Waals surface area contributed by atoms with Gasteiger partial charge in [-0.05, 0) is 49.1 Å². The van der Waals surface area contributed by atoms with Crippen molar-refractivity contribution in [3.05, 3.63) is 65.0 Å². The fourth-order valence-corrected chi connectivity index (χ4v) is 3.61. The monoisotopic (exact) mass is 422 g/mol. The second kappa shape index (κ2) is 10.1. The quantitative estimate of drug-likeness (QED) is 0.498. The van der Waals surface area contributed by atoms with E-state index in [4.69, 9.17) is 5.73 Å².